The summed E-state index contributed by atoms with van der Waals surface area (Å²) in [4.78, 5) is 12.8. The normalized spacial score (nSPS) is 16.0. The summed E-state index contributed by atoms with van der Waals surface area (Å²) in [6.07, 6.45) is 6.81. The van der Waals surface area contributed by atoms with Gasteiger partial charge in [0.15, 0.2) is 0 Å². The van der Waals surface area contributed by atoms with Crippen molar-refractivity contribution in [2.75, 3.05) is 19.6 Å². The number of carbonyl (C=O) groups is 1. The topological polar surface area (TPSA) is 97.4 Å². The van der Waals surface area contributed by atoms with Gasteiger partial charge in [-0.15, -0.1) is 0 Å². The lowest BCUT2D eigenvalue weighted by atomic mass is 10.2. The lowest BCUT2D eigenvalue weighted by molar-refractivity contribution is 0.0948. The minimum atomic E-state index is -3.49. The Morgan fingerprint density at radius 1 is 1.14 bits per heavy atom. The molecule has 9 heteroatoms. The van der Waals surface area contributed by atoms with Crippen LogP contribution >= 0.6 is 0 Å². The summed E-state index contributed by atoms with van der Waals surface area (Å²) >= 11 is 0. The first-order chi connectivity index (χ1) is 14.1. The van der Waals surface area contributed by atoms with Crippen LogP contribution in [0.1, 0.15) is 35.0 Å². The number of benzene rings is 1. The van der Waals surface area contributed by atoms with Gasteiger partial charge >= 0.3 is 0 Å². The third kappa shape index (κ3) is 4.10. The third-order valence-electron chi connectivity index (χ3n) is 4.99. The van der Waals surface area contributed by atoms with Crippen molar-refractivity contribution in [3.63, 3.8) is 0 Å². The predicted molar refractivity (Wildman–Crippen MR) is 106 cm³/mol. The van der Waals surface area contributed by atoms with Crippen molar-refractivity contribution in [3.05, 3.63) is 72.4 Å². The van der Waals surface area contributed by atoms with E-state index in [1.807, 2.05) is 6.07 Å². The fourth-order valence-electron chi connectivity index (χ4n) is 3.42. The number of amides is 1. The van der Waals surface area contributed by atoms with Crippen LogP contribution in [0.5, 0.6) is 0 Å². The summed E-state index contributed by atoms with van der Waals surface area (Å²) in [6.45, 7) is 1.38. The number of hydrogen-bond donors (Lipinski definition) is 1. The molecule has 3 heterocycles. The number of carbonyl (C=O) groups excluding carboxylic acids is 1. The molecule has 1 unspecified atom stereocenters. The van der Waals surface area contributed by atoms with E-state index in [0.29, 0.717) is 24.4 Å². The summed E-state index contributed by atoms with van der Waals surface area (Å²) in [5.41, 5.74) is 0.393. The second kappa shape index (κ2) is 8.22. The molecule has 0 bridgehead atoms. The van der Waals surface area contributed by atoms with E-state index in [0.717, 1.165) is 12.8 Å². The van der Waals surface area contributed by atoms with Crippen molar-refractivity contribution in [2.45, 2.75) is 23.8 Å². The average Bonchev–Trinajstić information content (AvgIpc) is 3.52. The molecule has 0 saturated carbocycles. The van der Waals surface area contributed by atoms with Crippen molar-refractivity contribution >= 4 is 15.9 Å². The Balaban J connectivity index is 1.44. The molecule has 4 rings (SSSR count). The number of aromatic nitrogens is 2. The summed E-state index contributed by atoms with van der Waals surface area (Å²) in [6, 6.07) is 11.2. The average molecular weight is 414 g/mol. The van der Waals surface area contributed by atoms with E-state index >= 15 is 0 Å². The molecule has 152 valence electrons. The van der Waals surface area contributed by atoms with Crippen LogP contribution in [0.3, 0.4) is 0 Å². The zero-order valence-electron chi connectivity index (χ0n) is 15.8. The van der Waals surface area contributed by atoms with Gasteiger partial charge in [-0.1, -0.05) is 0 Å². The quantitative estimate of drug-likeness (QED) is 0.640. The highest BCUT2D eigenvalue weighted by Crippen LogP contribution is 2.21. The number of furan rings is 1. The zero-order valence-corrected chi connectivity index (χ0v) is 16.6. The fourth-order valence-corrected chi connectivity index (χ4v) is 4.93. The zero-order chi connectivity index (χ0) is 20.3. The van der Waals surface area contributed by atoms with E-state index in [1.54, 1.807) is 35.5 Å². The Labute approximate surface area is 169 Å². The first kappa shape index (κ1) is 19.4. The molecule has 1 saturated heterocycles. The third-order valence-corrected chi connectivity index (χ3v) is 6.90. The molecular formula is C20H22N4O4S. The van der Waals surface area contributed by atoms with Crippen LogP contribution in [-0.4, -0.2) is 48.0 Å². The van der Waals surface area contributed by atoms with E-state index in [2.05, 4.69) is 10.4 Å². The van der Waals surface area contributed by atoms with E-state index in [1.165, 1.54) is 28.6 Å². The largest absolute Gasteiger partial charge is 0.467 e. The molecule has 29 heavy (non-hydrogen) atoms. The highest BCUT2D eigenvalue weighted by atomic mass is 32.2. The van der Waals surface area contributed by atoms with Crippen molar-refractivity contribution < 1.29 is 17.6 Å². The number of sulfonamides is 1. The van der Waals surface area contributed by atoms with Crippen molar-refractivity contribution in [3.8, 4) is 0 Å². The van der Waals surface area contributed by atoms with Gasteiger partial charge in [0.05, 0.1) is 11.2 Å². The monoisotopic (exact) mass is 414 g/mol. The van der Waals surface area contributed by atoms with Gasteiger partial charge in [-0.2, -0.15) is 9.40 Å². The summed E-state index contributed by atoms with van der Waals surface area (Å²) in [5.74, 6) is 0.389. The van der Waals surface area contributed by atoms with E-state index in [9.17, 15) is 13.2 Å². The first-order valence-corrected chi connectivity index (χ1v) is 10.9. The van der Waals surface area contributed by atoms with Crippen LogP contribution < -0.4 is 5.32 Å². The second-order valence-electron chi connectivity index (χ2n) is 6.86. The van der Waals surface area contributed by atoms with Gasteiger partial charge in [0.2, 0.25) is 10.0 Å². The van der Waals surface area contributed by atoms with Gasteiger partial charge in [-0.05, 0) is 55.3 Å². The van der Waals surface area contributed by atoms with E-state index in [-0.39, 0.29) is 23.4 Å². The molecule has 0 radical (unpaired) electrons. The Hall–Kier alpha value is -2.91. The lowest BCUT2D eigenvalue weighted by Crippen LogP contribution is -2.31. The van der Waals surface area contributed by atoms with Crippen LogP contribution in [0, 0.1) is 0 Å². The summed E-state index contributed by atoms with van der Waals surface area (Å²) < 4.78 is 33.9. The maximum atomic E-state index is 12.6. The maximum Gasteiger partial charge on any atom is 0.251 e. The van der Waals surface area contributed by atoms with Crippen LogP contribution in [-0.2, 0) is 10.0 Å². The van der Waals surface area contributed by atoms with E-state index < -0.39 is 10.0 Å². The highest BCUT2D eigenvalue weighted by Gasteiger charge is 2.27. The molecular weight excluding hydrogens is 392 g/mol. The van der Waals surface area contributed by atoms with Gasteiger partial charge in [0.25, 0.3) is 5.91 Å². The molecule has 1 aliphatic rings. The number of nitrogens with zero attached hydrogens (tertiary/aromatic N) is 3. The van der Waals surface area contributed by atoms with Gasteiger partial charge in [0.1, 0.15) is 11.8 Å². The number of nitrogens with one attached hydrogen (secondary N) is 1. The molecule has 1 N–H and O–H groups in total. The Bertz CT molecular complexity index is 1000. The van der Waals surface area contributed by atoms with Crippen LogP contribution in [0.4, 0.5) is 0 Å². The Morgan fingerprint density at radius 3 is 2.52 bits per heavy atom. The van der Waals surface area contributed by atoms with Gasteiger partial charge in [-0.3, -0.25) is 9.48 Å². The number of hydrogen-bond acceptors (Lipinski definition) is 5. The number of rotatable bonds is 7. The molecule has 8 nitrogen and oxygen atoms in total. The van der Waals surface area contributed by atoms with Crippen LogP contribution in [0.25, 0.3) is 0 Å². The SMILES string of the molecule is O=C(NCC(c1ccco1)n1cccn1)c1ccc(S(=O)(=O)N2CCCC2)cc1. The molecule has 3 aromatic rings. The highest BCUT2D eigenvalue weighted by molar-refractivity contribution is 7.89. The first-order valence-electron chi connectivity index (χ1n) is 9.46. The second-order valence-corrected chi connectivity index (χ2v) is 8.80. The molecule has 0 spiro atoms. The molecule has 0 aliphatic carbocycles. The van der Waals surface area contributed by atoms with Gasteiger partial charge in [-0.25, -0.2) is 8.42 Å². The minimum absolute atomic E-state index is 0.209. The van der Waals surface area contributed by atoms with Crippen molar-refractivity contribution in [2.24, 2.45) is 0 Å². The molecule has 1 aliphatic heterocycles. The van der Waals surface area contributed by atoms with Crippen molar-refractivity contribution in [1.29, 1.82) is 0 Å². The summed E-state index contributed by atoms with van der Waals surface area (Å²) in [7, 11) is -3.49. The minimum Gasteiger partial charge on any atom is -0.467 e. The van der Waals surface area contributed by atoms with Gasteiger partial charge in [0, 0.05) is 37.6 Å². The van der Waals surface area contributed by atoms with E-state index in [4.69, 9.17) is 4.42 Å². The molecule has 1 aromatic carbocycles. The van der Waals surface area contributed by atoms with Crippen molar-refractivity contribution in [1.82, 2.24) is 19.4 Å². The summed E-state index contributed by atoms with van der Waals surface area (Å²) in [5, 5.41) is 7.10. The molecule has 1 atom stereocenters. The maximum absolute atomic E-state index is 12.6. The smallest absolute Gasteiger partial charge is 0.251 e. The predicted octanol–water partition coefficient (Wildman–Crippen LogP) is 2.28. The van der Waals surface area contributed by atoms with Crippen LogP contribution in [0.2, 0.25) is 0 Å². The molecule has 2 aromatic heterocycles. The Kier molecular flexibility index (Phi) is 5.50. The van der Waals surface area contributed by atoms with Gasteiger partial charge < -0.3 is 9.73 Å². The standard InChI is InChI=1S/C20H22N4O4S/c25-20(21-15-18(19-5-3-14-28-19)24-13-4-10-22-24)16-6-8-17(9-7-16)29(26,27)23-11-1-2-12-23/h3-10,13-14,18H,1-2,11-12,15H2,(H,21,25). The Morgan fingerprint density at radius 2 is 1.90 bits per heavy atom. The van der Waals surface area contributed by atoms with Crippen LogP contribution in [0.15, 0.2) is 70.4 Å². The molecule has 1 fully saturated rings. The molecule has 1 amide bonds. The lowest BCUT2D eigenvalue weighted by Gasteiger charge is -2.17. The fraction of sp³-hybridized carbons (Fsp3) is 0.300.